The molecule has 78 valence electrons. The highest BCUT2D eigenvalue weighted by Crippen LogP contribution is 2.33. The van der Waals surface area contributed by atoms with Crippen LogP contribution in [0.4, 0.5) is 0 Å². The maximum absolute atomic E-state index is 6.06. The van der Waals surface area contributed by atoms with Crippen molar-refractivity contribution in [3.8, 4) is 0 Å². The molecule has 0 unspecified atom stereocenters. The van der Waals surface area contributed by atoms with Gasteiger partial charge < -0.3 is 0 Å². The molecule has 0 radical (unpaired) electrons. The Hall–Kier alpha value is -1.05. The number of fused-ring (bicyclic) bond motifs is 3. The van der Waals surface area contributed by atoms with Crippen molar-refractivity contribution in [1.29, 1.82) is 0 Å². The van der Waals surface area contributed by atoms with Gasteiger partial charge in [0.2, 0.25) is 0 Å². The van der Waals surface area contributed by atoms with Gasteiger partial charge in [0.1, 0.15) is 0 Å². The Balaban J connectivity index is 2.61. The second-order valence-corrected chi connectivity index (χ2v) is 5.06. The van der Waals surface area contributed by atoms with E-state index < -0.39 is 0 Å². The molecule has 0 fully saturated rings. The first-order chi connectivity index (χ1) is 7.75. The number of halogens is 2. The molecule has 0 amide bonds. The van der Waals surface area contributed by atoms with Crippen molar-refractivity contribution >= 4 is 49.1 Å². The van der Waals surface area contributed by atoms with E-state index in [4.69, 9.17) is 11.6 Å². The lowest BCUT2D eigenvalue weighted by Crippen LogP contribution is -1.79. The summed E-state index contributed by atoms with van der Waals surface area (Å²) in [5.41, 5.74) is 0. The van der Waals surface area contributed by atoms with E-state index in [1.54, 1.807) is 0 Å². The van der Waals surface area contributed by atoms with E-state index in [1.807, 2.05) is 24.3 Å². The van der Waals surface area contributed by atoms with Crippen molar-refractivity contribution in [3.05, 3.63) is 58.0 Å². The first kappa shape index (κ1) is 10.1. The van der Waals surface area contributed by atoms with Crippen LogP contribution in [0.25, 0.3) is 21.5 Å². The molecule has 3 aromatic carbocycles. The molecule has 0 heterocycles. The minimum Gasteiger partial charge on any atom is -0.0843 e. The molecule has 0 saturated carbocycles. The van der Waals surface area contributed by atoms with Crippen molar-refractivity contribution in [2.24, 2.45) is 0 Å². The zero-order valence-corrected chi connectivity index (χ0v) is 10.7. The van der Waals surface area contributed by atoms with Crippen LogP contribution in [0.15, 0.2) is 53.0 Å². The van der Waals surface area contributed by atoms with E-state index >= 15 is 0 Å². The molecular formula is C14H8BrCl. The minimum atomic E-state index is 0.774. The Kier molecular flexibility index (Phi) is 2.38. The second-order valence-electron chi connectivity index (χ2n) is 3.77. The highest BCUT2D eigenvalue weighted by atomic mass is 79.9. The molecule has 0 N–H and O–H groups in total. The molecule has 0 saturated heterocycles. The lowest BCUT2D eigenvalue weighted by molar-refractivity contribution is 1.73. The maximum atomic E-state index is 6.06. The number of hydrogen-bond acceptors (Lipinski definition) is 0. The van der Waals surface area contributed by atoms with Crippen LogP contribution in [0.1, 0.15) is 0 Å². The van der Waals surface area contributed by atoms with Crippen LogP contribution in [-0.4, -0.2) is 0 Å². The molecule has 2 heteroatoms. The zero-order valence-electron chi connectivity index (χ0n) is 8.37. The van der Waals surface area contributed by atoms with E-state index in [9.17, 15) is 0 Å². The Morgan fingerprint density at radius 3 is 2.50 bits per heavy atom. The number of rotatable bonds is 0. The monoisotopic (exact) mass is 290 g/mol. The SMILES string of the molecule is Clc1ccc2c(Br)cc3ccccc3c2c1. The third-order valence-corrected chi connectivity index (χ3v) is 3.66. The molecule has 0 aromatic heterocycles. The van der Waals surface area contributed by atoms with Crippen LogP contribution in [-0.2, 0) is 0 Å². The van der Waals surface area contributed by atoms with Crippen LogP contribution >= 0.6 is 27.5 Å². The summed E-state index contributed by atoms with van der Waals surface area (Å²) in [5, 5.41) is 5.63. The van der Waals surface area contributed by atoms with Gasteiger partial charge in [-0.25, -0.2) is 0 Å². The Bertz CT molecular complexity index is 689. The Labute approximate surface area is 107 Å². The summed E-state index contributed by atoms with van der Waals surface area (Å²) in [5.74, 6) is 0. The van der Waals surface area contributed by atoms with Gasteiger partial charge in [-0.1, -0.05) is 57.9 Å². The van der Waals surface area contributed by atoms with Gasteiger partial charge in [0.05, 0.1) is 0 Å². The van der Waals surface area contributed by atoms with Crippen LogP contribution in [0.3, 0.4) is 0 Å². The quantitative estimate of drug-likeness (QED) is 0.486. The van der Waals surface area contributed by atoms with E-state index in [2.05, 4.69) is 40.2 Å². The third kappa shape index (κ3) is 1.51. The lowest BCUT2D eigenvalue weighted by atomic mass is 10.0. The van der Waals surface area contributed by atoms with Crippen LogP contribution in [0, 0.1) is 0 Å². The lowest BCUT2D eigenvalue weighted by Gasteiger charge is -2.06. The first-order valence-corrected chi connectivity index (χ1v) is 6.19. The van der Waals surface area contributed by atoms with Crippen LogP contribution < -0.4 is 0 Å². The van der Waals surface area contributed by atoms with E-state index in [-0.39, 0.29) is 0 Å². The molecular weight excluding hydrogens is 284 g/mol. The van der Waals surface area contributed by atoms with Gasteiger partial charge in [0.15, 0.2) is 0 Å². The van der Waals surface area contributed by atoms with Gasteiger partial charge in [-0.2, -0.15) is 0 Å². The summed E-state index contributed by atoms with van der Waals surface area (Å²) in [6, 6.07) is 16.5. The maximum Gasteiger partial charge on any atom is 0.0412 e. The average Bonchev–Trinajstić information content (AvgIpc) is 2.29. The van der Waals surface area contributed by atoms with Crippen molar-refractivity contribution in [2.75, 3.05) is 0 Å². The predicted molar refractivity (Wildman–Crippen MR) is 74.2 cm³/mol. The van der Waals surface area contributed by atoms with Gasteiger partial charge in [0.25, 0.3) is 0 Å². The summed E-state index contributed by atoms with van der Waals surface area (Å²) >= 11 is 9.66. The topological polar surface area (TPSA) is 0 Å². The second kappa shape index (κ2) is 3.76. The highest BCUT2D eigenvalue weighted by molar-refractivity contribution is 9.10. The molecule has 0 bridgehead atoms. The van der Waals surface area contributed by atoms with Gasteiger partial charge >= 0.3 is 0 Å². The fourth-order valence-corrected chi connectivity index (χ4v) is 2.79. The van der Waals surface area contributed by atoms with Gasteiger partial charge in [-0.3, -0.25) is 0 Å². The van der Waals surface area contributed by atoms with Crippen molar-refractivity contribution in [1.82, 2.24) is 0 Å². The van der Waals surface area contributed by atoms with E-state index in [0.717, 1.165) is 9.50 Å². The van der Waals surface area contributed by atoms with E-state index in [0.29, 0.717) is 0 Å². The van der Waals surface area contributed by atoms with Gasteiger partial charge in [0, 0.05) is 9.50 Å². The fraction of sp³-hybridized carbons (Fsp3) is 0. The largest absolute Gasteiger partial charge is 0.0843 e. The fourth-order valence-electron chi connectivity index (χ4n) is 2.03. The Morgan fingerprint density at radius 2 is 1.62 bits per heavy atom. The molecule has 0 aliphatic carbocycles. The van der Waals surface area contributed by atoms with Gasteiger partial charge in [-0.15, -0.1) is 0 Å². The molecule has 3 rings (SSSR count). The standard InChI is InChI=1S/C14H8BrCl/c15-14-7-9-3-1-2-4-11(9)13-8-10(16)5-6-12(13)14/h1-8H. The minimum absolute atomic E-state index is 0.774. The smallest absolute Gasteiger partial charge is 0.0412 e. The van der Waals surface area contributed by atoms with Crippen LogP contribution in [0.2, 0.25) is 5.02 Å². The first-order valence-electron chi connectivity index (χ1n) is 5.02. The van der Waals surface area contributed by atoms with Gasteiger partial charge in [-0.05, 0) is 39.7 Å². The predicted octanol–water partition coefficient (Wildman–Crippen LogP) is 5.41. The third-order valence-electron chi connectivity index (χ3n) is 2.77. The van der Waals surface area contributed by atoms with Crippen molar-refractivity contribution in [3.63, 3.8) is 0 Å². The Morgan fingerprint density at radius 1 is 0.812 bits per heavy atom. The summed E-state index contributed by atoms with van der Waals surface area (Å²) in [7, 11) is 0. The highest BCUT2D eigenvalue weighted by Gasteiger charge is 2.04. The van der Waals surface area contributed by atoms with Crippen molar-refractivity contribution in [2.45, 2.75) is 0 Å². The molecule has 0 aliphatic heterocycles. The van der Waals surface area contributed by atoms with E-state index in [1.165, 1.54) is 21.5 Å². The number of hydrogen-bond donors (Lipinski definition) is 0. The zero-order chi connectivity index (χ0) is 11.1. The summed E-state index contributed by atoms with van der Waals surface area (Å²) in [6.07, 6.45) is 0. The average molecular weight is 292 g/mol. The molecule has 16 heavy (non-hydrogen) atoms. The number of benzene rings is 3. The normalized spacial score (nSPS) is 11.1. The molecule has 3 aromatic rings. The summed E-state index contributed by atoms with van der Waals surface area (Å²) in [6.45, 7) is 0. The summed E-state index contributed by atoms with van der Waals surface area (Å²) in [4.78, 5) is 0. The molecule has 0 nitrogen and oxygen atoms in total. The molecule has 0 spiro atoms. The molecule has 0 atom stereocenters. The molecule has 0 aliphatic rings. The van der Waals surface area contributed by atoms with Crippen LogP contribution in [0.5, 0.6) is 0 Å². The van der Waals surface area contributed by atoms with Crippen molar-refractivity contribution < 1.29 is 0 Å². The summed E-state index contributed by atoms with van der Waals surface area (Å²) < 4.78 is 1.11.